The second-order valence-corrected chi connectivity index (χ2v) is 3.92. The Bertz CT molecular complexity index is 713. The highest BCUT2D eigenvalue weighted by atomic mass is 16.3. The molecular formula is C15H12N2O3. The van der Waals surface area contributed by atoms with Gasteiger partial charge in [-0.15, -0.1) is 10.2 Å². The van der Waals surface area contributed by atoms with Crippen LogP contribution < -0.4 is 5.56 Å². The highest BCUT2D eigenvalue weighted by Crippen LogP contribution is 2.21. The van der Waals surface area contributed by atoms with E-state index in [0.717, 1.165) is 10.9 Å². The molecule has 2 aromatic carbocycles. The van der Waals surface area contributed by atoms with Crippen LogP contribution in [-0.4, -0.2) is 20.4 Å². The molecular weight excluding hydrogens is 256 g/mol. The van der Waals surface area contributed by atoms with Crippen molar-refractivity contribution in [2.24, 2.45) is 0 Å². The average Bonchev–Trinajstić information content (AvgIpc) is 2.66. The van der Waals surface area contributed by atoms with Crippen LogP contribution in [0, 0.1) is 0 Å². The predicted octanol–water partition coefficient (Wildman–Crippen LogP) is 2.09. The Labute approximate surface area is 114 Å². The maximum Gasteiger partial charge on any atom is 0.288 e. The van der Waals surface area contributed by atoms with Crippen molar-refractivity contribution in [1.29, 1.82) is 0 Å². The van der Waals surface area contributed by atoms with Crippen LogP contribution in [0.25, 0.3) is 10.9 Å². The molecule has 0 amide bonds. The van der Waals surface area contributed by atoms with Gasteiger partial charge in [-0.3, -0.25) is 4.79 Å². The molecule has 0 fully saturated rings. The van der Waals surface area contributed by atoms with E-state index >= 15 is 0 Å². The number of rotatable bonds is 0. The molecule has 0 aliphatic carbocycles. The molecule has 5 nitrogen and oxygen atoms in total. The first-order chi connectivity index (χ1) is 9.66. The van der Waals surface area contributed by atoms with Gasteiger partial charge in [0.15, 0.2) is 11.5 Å². The van der Waals surface area contributed by atoms with Crippen LogP contribution >= 0.6 is 0 Å². The van der Waals surface area contributed by atoms with Crippen molar-refractivity contribution in [2.75, 3.05) is 0 Å². The van der Waals surface area contributed by atoms with E-state index in [1.165, 1.54) is 18.2 Å². The summed E-state index contributed by atoms with van der Waals surface area (Å²) in [4.78, 5) is 10.8. The highest BCUT2D eigenvalue weighted by Gasteiger charge is 1.90. The lowest BCUT2D eigenvalue weighted by molar-refractivity contribution is 0.404. The zero-order chi connectivity index (χ0) is 14.4. The lowest BCUT2D eigenvalue weighted by atomic mass is 10.2. The lowest BCUT2D eigenvalue weighted by Gasteiger charge is -1.91. The summed E-state index contributed by atoms with van der Waals surface area (Å²) in [5, 5.41) is 25.5. The van der Waals surface area contributed by atoms with Gasteiger partial charge in [0.2, 0.25) is 0 Å². The molecule has 0 atom stereocenters. The SMILES string of the molecule is O=c1ccc2ccccc2nn1.Oc1ccccc1O. The van der Waals surface area contributed by atoms with Crippen molar-refractivity contribution in [1.82, 2.24) is 10.2 Å². The zero-order valence-corrected chi connectivity index (χ0v) is 10.5. The Kier molecular flexibility index (Phi) is 4.24. The van der Waals surface area contributed by atoms with Crippen molar-refractivity contribution in [3.05, 3.63) is 71.0 Å². The molecule has 0 aliphatic heterocycles. The van der Waals surface area contributed by atoms with E-state index in [2.05, 4.69) is 10.2 Å². The molecule has 0 aliphatic rings. The molecule has 3 rings (SSSR count). The second kappa shape index (κ2) is 6.29. The third-order valence-electron chi connectivity index (χ3n) is 2.48. The van der Waals surface area contributed by atoms with Crippen molar-refractivity contribution in [2.45, 2.75) is 0 Å². The van der Waals surface area contributed by atoms with Crippen molar-refractivity contribution >= 4 is 10.9 Å². The fraction of sp³-hybridized carbons (Fsp3) is 0. The van der Waals surface area contributed by atoms with Crippen LogP contribution in [0.2, 0.25) is 0 Å². The first kappa shape index (κ1) is 13.5. The number of nitrogens with zero attached hydrogens (tertiary/aromatic N) is 2. The van der Waals surface area contributed by atoms with Gasteiger partial charge in [0.1, 0.15) is 0 Å². The minimum Gasteiger partial charge on any atom is -0.504 e. The number of benzene rings is 2. The Balaban J connectivity index is 0.000000160. The first-order valence-corrected chi connectivity index (χ1v) is 5.86. The molecule has 0 saturated heterocycles. The van der Waals surface area contributed by atoms with Crippen molar-refractivity contribution in [3.63, 3.8) is 0 Å². The quantitative estimate of drug-likeness (QED) is 0.610. The predicted molar refractivity (Wildman–Crippen MR) is 75.6 cm³/mol. The summed E-state index contributed by atoms with van der Waals surface area (Å²) in [6, 6.07) is 16.8. The maximum absolute atomic E-state index is 10.8. The lowest BCUT2D eigenvalue weighted by Crippen LogP contribution is -1.99. The zero-order valence-electron chi connectivity index (χ0n) is 10.5. The van der Waals surface area contributed by atoms with E-state index in [1.807, 2.05) is 24.3 Å². The molecule has 0 unspecified atom stereocenters. The smallest absolute Gasteiger partial charge is 0.288 e. The van der Waals surface area contributed by atoms with Gasteiger partial charge < -0.3 is 10.2 Å². The van der Waals surface area contributed by atoms with Crippen LogP contribution in [0.3, 0.4) is 0 Å². The summed E-state index contributed by atoms with van der Waals surface area (Å²) in [6.45, 7) is 0. The summed E-state index contributed by atoms with van der Waals surface area (Å²) in [5.74, 6) is -0.153. The van der Waals surface area contributed by atoms with E-state index in [0.29, 0.717) is 0 Å². The van der Waals surface area contributed by atoms with Crippen molar-refractivity contribution < 1.29 is 10.2 Å². The van der Waals surface area contributed by atoms with E-state index in [-0.39, 0.29) is 17.1 Å². The standard InChI is InChI=1S/C9H6N2O.C6H6O2/c12-9-6-5-7-3-1-2-4-8(7)10-11-9;7-5-3-1-2-4-6(5)8/h1-6H;1-4,7-8H. The summed E-state index contributed by atoms with van der Waals surface area (Å²) >= 11 is 0. The third-order valence-corrected chi connectivity index (χ3v) is 2.48. The number of hydrogen-bond acceptors (Lipinski definition) is 5. The number of phenols is 2. The molecule has 20 heavy (non-hydrogen) atoms. The molecule has 3 aromatic rings. The first-order valence-electron chi connectivity index (χ1n) is 5.86. The minimum absolute atomic E-state index is 0.0764. The van der Waals surface area contributed by atoms with Gasteiger partial charge in [0, 0.05) is 11.5 Å². The molecule has 0 saturated carbocycles. The molecule has 0 radical (unpaired) electrons. The number of para-hydroxylation sites is 2. The van der Waals surface area contributed by atoms with Gasteiger partial charge in [0.05, 0.1) is 5.52 Å². The van der Waals surface area contributed by atoms with Gasteiger partial charge in [0.25, 0.3) is 5.56 Å². The monoisotopic (exact) mass is 268 g/mol. The van der Waals surface area contributed by atoms with Crippen LogP contribution in [0.15, 0.2) is 65.5 Å². The Hall–Kier alpha value is -2.95. The third kappa shape index (κ3) is 3.52. The molecule has 1 aromatic heterocycles. The second-order valence-electron chi connectivity index (χ2n) is 3.92. The highest BCUT2D eigenvalue weighted by molar-refractivity contribution is 5.76. The molecule has 0 bridgehead atoms. The topological polar surface area (TPSA) is 83.3 Å². The molecule has 2 N–H and O–H groups in total. The summed E-state index contributed by atoms with van der Waals surface area (Å²) in [7, 11) is 0. The number of phenolic OH excluding ortho intramolecular Hbond substituents is 2. The Morgan fingerprint density at radius 3 is 1.95 bits per heavy atom. The van der Waals surface area contributed by atoms with E-state index < -0.39 is 0 Å². The number of aromatic hydroxyl groups is 2. The van der Waals surface area contributed by atoms with E-state index in [4.69, 9.17) is 10.2 Å². The molecule has 0 spiro atoms. The largest absolute Gasteiger partial charge is 0.504 e. The normalized spacial score (nSPS) is 9.60. The fourth-order valence-electron chi connectivity index (χ4n) is 1.48. The number of hydrogen-bond donors (Lipinski definition) is 2. The summed E-state index contributed by atoms with van der Waals surface area (Å²) < 4.78 is 0. The molecule has 5 heteroatoms. The molecule has 1 heterocycles. The van der Waals surface area contributed by atoms with Crippen LogP contribution in [-0.2, 0) is 0 Å². The van der Waals surface area contributed by atoms with Gasteiger partial charge in [-0.25, -0.2) is 0 Å². The van der Waals surface area contributed by atoms with E-state index in [1.54, 1.807) is 18.2 Å². The van der Waals surface area contributed by atoms with Crippen LogP contribution in [0.4, 0.5) is 0 Å². The fourth-order valence-corrected chi connectivity index (χ4v) is 1.48. The number of aromatic nitrogens is 2. The van der Waals surface area contributed by atoms with E-state index in [9.17, 15) is 4.79 Å². The molecule has 100 valence electrons. The Morgan fingerprint density at radius 1 is 0.700 bits per heavy atom. The van der Waals surface area contributed by atoms with Crippen LogP contribution in [0.5, 0.6) is 11.5 Å². The van der Waals surface area contributed by atoms with Gasteiger partial charge in [-0.05, 0) is 24.3 Å². The Morgan fingerprint density at radius 2 is 1.30 bits per heavy atom. The van der Waals surface area contributed by atoms with Crippen molar-refractivity contribution in [3.8, 4) is 11.5 Å². The average molecular weight is 268 g/mol. The summed E-state index contributed by atoms with van der Waals surface area (Å²) in [6.07, 6.45) is 0. The number of fused-ring (bicyclic) bond motifs is 1. The van der Waals surface area contributed by atoms with Crippen LogP contribution in [0.1, 0.15) is 0 Å². The van der Waals surface area contributed by atoms with Gasteiger partial charge in [-0.2, -0.15) is 0 Å². The minimum atomic E-state index is -0.314. The van der Waals surface area contributed by atoms with Gasteiger partial charge in [-0.1, -0.05) is 30.3 Å². The van der Waals surface area contributed by atoms with Gasteiger partial charge >= 0.3 is 0 Å². The maximum atomic E-state index is 10.8. The summed E-state index contributed by atoms with van der Waals surface area (Å²) in [5.41, 5.74) is 0.422.